The number of hydrogen-bond donors (Lipinski definition) is 2. The lowest BCUT2D eigenvalue weighted by Gasteiger charge is -2.08. The van der Waals surface area contributed by atoms with Gasteiger partial charge in [0.05, 0.1) is 6.42 Å². The van der Waals surface area contributed by atoms with Gasteiger partial charge in [-0.1, -0.05) is 19.1 Å². The lowest BCUT2D eigenvalue weighted by molar-refractivity contribution is -0.119. The monoisotopic (exact) mass is 254 g/mol. The molecule has 1 amide bonds. The predicted molar refractivity (Wildman–Crippen MR) is 69.1 cm³/mol. The van der Waals surface area contributed by atoms with Crippen molar-refractivity contribution in [2.45, 2.75) is 19.8 Å². The van der Waals surface area contributed by atoms with E-state index < -0.39 is 0 Å². The van der Waals surface area contributed by atoms with Gasteiger partial charge in [-0.25, -0.2) is 4.39 Å². The molecule has 0 bridgehead atoms. The Morgan fingerprint density at radius 2 is 2.24 bits per heavy atom. The Morgan fingerprint density at radius 3 is 2.88 bits per heavy atom. The summed E-state index contributed by atoms with van der Waals surface area (Å²) in [6, 6.07) is 5.95. The smallest absolute Gasteiger partial charge is 0.230 e. The average Bonchev–Trinajstić information content (AvgIpc) is 2.26. The molecule has 0 aromatic heterocycles. The zero-order valence-electron chi connectivity index (χ0n) is 9.63. The highest BCUT2D eigenvalue weighted by molar-refractivity contribution is 7.80. The van der Waals surface area contributed by atoms with Crippen LogP contribution in [0.3, 0.4) is 0 Å². The van der Waals surface area contributed by atoms with E-state index in [1.54, 1.807) is 12.1 Å². The fourth-order valence-corrected chi connectivity index (χ4v) is 1.50. The molecule has 0 unspecified atom stereocenters. The molecule has 5 heteroatoms. The molecular weight excluding hydrogens is 239 g/mol. The Bertz CT molecular complexity index is 409. The van der Waals surface area contributed by atoms with Crippen molar-refractivity contribution in [2.24, 2.45) is 0 Å². The van der Waals surface area contributed by atoms with Crippen LogP contribution in [0.25, 0.3) is 0 Å². The van der Waals surface area contributed by atoms with E-state index in [4.69, 9.17) is 12.2 Å². The fraction of sp³-hybridized carbons (Fsp3) is 0.333. The average molecular weight is 254 g/mol. The molecule has 17 heavy (non-hydrogen) atoms. The molecule has 92 valence electrons. The second-order valence-electron chi connectivity index (χ2n) is 3.61. The van der Waals surface area contributed by atoms with Gasteiger partial charge in [-0.3, -0.25) is 4.79 Å². The third-order valence-electron chi connectivity index (χ3n) is 2.04. The molecule has 0 spiro atoms. The number of carbonyl (C=O) groups excluding carboxylic acids is 1. The summed E-state index contributed by atoms with van der Waals surface area (Å²) in [6.07, 6.45) is 1.05. The van der Waals surface area contributed by atoms with Crippen molar-refractivity contribution < 1.29 is 9.18 Å². The van der Waals surface area contributed by atoms with Crippen molar-refractivity contribution in [1.82, 2.24) is 10.6 Å². The number of carbonyl (C=O) groups is 1. The van der Waals surface area contributed by atoms with Gasteiger partial charge in [0.1, 0.15) is 5.82 Å². The van der Waals surface area contributed by atoms with E-state index in [9.17, 15) is 9.18 Å². The highest BCUT2D eigenvalue weighted by atomic mass is 32.1. The molecule has 0 aliphatic rings. The molecule has 0 saturated carbocycles. The molecule has 0 aliphatic heterocycles. The predicted octanol–water partition coefficient (Wildman–Crippen LogP) is 1.77. The minimum atomic E-state index is -0.345. The van der Waals surface area contributed by atoms with Crippen LogP contribution in [0, 0.1) is 5.82 Å². The Kier molecular flexibility index (Phi) is 5.56. The summed E-state index contributed by atoms with van der Waals surface area (Å²) in [4.78, 5) is 11.5. The number of hydrogen-bond acceptors (Lipinski definition) is 2. The largest absolute Gasteiger partial charge is 0.362 e. The van der Waals surface area contributed by atoms with Crippen LogP contribution in [0.1, 0.15) is 18.9 Å². The summed E-state index contributed by atoms with van der Waals surface area (Å²) in [5.41, 5.74) is 0.626. The first-order valence-corrected chi connectivity index (χ1v) is 5.84. The van der Waals surface area contributed by atoms with E-state index in [1.807, 2.05) is 6.92 Å². The normalized spacial score (nSPS) is 9.76. The van der Waals surface area contributed by atoms with Gasteiger partial charge >= 0.3 is 0 Å². The van der Waals surface area contributed by atoms with Crippen molar-refractivity contribution in [1.29, 1.82) is 0 Å². The van der Waals surface area contributed by atoms with Gasteiger partial charge in [-0.2, -0.15) is 0 Å². The molecule has 3 nitrogen and oxygen atoms in total. The van der Waals surface area contributed by atoms with Crippen molar-refractivity contribution in [2.75, 3.05) is 6.54 Å². The third-order valence-corrected chi connectivity index (χ3v) is 2.29. The summed E-state index contributed by atoms with van der Waals surface area (Å²) < 4.78 is 12.9. The van der Waals surface area contributed by atoms with Gasteiger partial charge in [0.15, 0.2) is 5.11 Å². The first-order chi connectivity index (χ1) is 8.11. The summed E-state index contributed by atoms with van der Waals surface area (Å²) in [5.74, 6) is -0.591. The van der Waals surface area contributed by atoms with E-state index in [0.29, 0.717) is 10.7 Å². The number of amides is 1. The minimum Gasteiger partial charge on any atom is -0.362 e. The van der Waals surface area contributed by atoms with Crippen LogP contribution in [0.5, 0.6) is 0 Å². The summed E-state index contributed by atoms with van der Waals surface area (Å²) >= 11 is 4.92. The van der Waals surface area contributed by atoms with Gasteiger partial charge < -0.3 is 10.6 Å². The zero-order chi connectivity index (χ0) is 12.7. The van der Waals surface area contributed by atoms with E-state index in [0.717, 1.165) is 13.0 Å². The van der Waals surface area contributed by atoms with E-state index in [1.165, 1.54) is 12.1 Å². The van der Waals surface area contributed by atoms with E-state index in [2.05, 4.69) is 10.6 Å². The number of thiocarbonyl (C=S) groups is 1. The second-order valence-corrected chi connectivity index (χ2v) is 4.02. The number of rotatable bonds is 4. The highest BCUT2D eigenvalue weighted by Gasteiger charge is 2.05. The van der Waals surface area contributed by atoms with Crippen molar-refractivity contribution in [3.63, 3.8) is 0 Å². The van der Waals surface area contributed by atoms with Gasteiger partial charge in [0.25, 0.3) is 0 Å². The Labute approximate surface area is 105 Å². The molecule has 2 N–H and O–H groups in total. The maximum absolute atomic E-state index is 12.9. The molecule has 0 atom stereocenters. The van der Waals surface area contributed by atoms with Gasteiger partial charge in [0.2, 0.25) is 5.91 Å². The number of halogens is 1. The molecule has 0 heterocycles. The Morgan fingerprint density at radius 1 is 1.47 bits per heavy atom. The third kappa shape index (κ3) is 5.40. The van der Waals surface area contributed by atoms with Crippen LogP contribution in [0.15, 0.2) is 24.3 Å². The quantitative estimate of drug-likeness (QED) is 0.805. The molecule has 1 aromatic rings. The van der Waals surface area contributed by atoms with Crippen LogP contribution < -0.4 is 10.6 Å². The number of benzene rings is 1. The maximum Gasteiger partial charge on any atom is 0.230 e. The molecule has 0 aliphatic carbocycles. The summed E-state index contributed by atoms with van der Waals surface area (Å²) in [6.45, 7) is 2.73. The van der Waals surface area contributed by atoms with E-state index in [-0.39, 0.29) is 18.1 Å². The van der Waals surface area contributed by atoms with Crippen LogP contribution in [0.4, 0.5) is 4.39 Å². The van der Waals surface area contributed by atoms with Crippen molar-refractivity contribution in [3.8, 4) is 0 Å². The van der Waals surface area contributed by atoms with Crippen molar-refractivity contribution >= 4 is 23.2 Å². The first-order valence-electron chi connectivity index (χ1n) is 5.44. The zero-order valence-corrected chi connectivity index (χ0v) is 10.4. The Balaban J connectivity index is 2.42. The van der Waals surface area contributed by atoms with Gasteiger partial charge in [0, 0.05) is 6.54 Å². The molecule has 0 saturated heterocycles. The molecule has 1 aromatic carbocycles. The molecule has 0 fully saturated rings. The van der Waals surface area contributed by atoms with Gasteiger partial charge in [-0.05, 0) is 36.3 Å². The molecular formula is C12H15FN2OS. The van der Waals surface area contributed by atoms with Crippen molar-refractivity contribution in [3.05, 3.63) is 35.6 Å². The lowest BCUT2D eigenvalue weighted by Crippen LogP contribution is -2.40. The first kappa shape index (κ1) is 13.6. The lowest BCUT2D eigenvalue weighted by atomic mass is 10.1. The fourth-order valence-electron chi connectivity index (χ4n) is 1.29. The maximum atomic E-state index is 12.9. The minimum absolute atomic E-state index is 0.117. The van der Waals surface area contributed by atoms with Crippen LogP contribution in [-0.2, 0) is 11.2 Å². The summed E-state index contributed by atoms with van der Waals surface area (Å²) in [5, 5.41) is 5.74. The highest BCUT2D eigenvalue weighted by Crippen LogP contribution is 2.03. The van der Waals surface area contributed by atoms with Crippen LogP contribution in [-0.4, -0.2) is 17.6 Å². The number of nitrogens with one attached hydrogen (secondary N) is 2. The van der Waals surface area contributed by atoms with E-state index >= 15 is 0 Å². The topological polar surface area (TPSA) is 41.1 Å². The van der Waals surface area contributed by atoms with Crippen LogP contribution >= 0.6 is 12.2 Å². The molecule has 1 rings (SSSR count). The SMILES string of the molecule is CCCNC(=S)NC(=O)Cc1cccc(F)c1. The summed E-state index contributed by atoms with van der Waals surface area (Å²) in [7, 11) is 0. The van der Waals surface area contributed by atoms with Gasteiger partial charge in [-0.15, -0.1) is 0 Å². The second kappa shape index (κ2) is 6.96. The van der Waals surface area contributed by atoms with Crippen LogP contribution in [0.2, 0.25) is 0 Å². The Hall–Kier alpha value is -1.49. The molecule has 0 radical (unpaired) electrons. The standard InChI is InChI=1S/C12H15FN2OS/c1-2-6-14-12(17)15-11(16)8-9-4-3-5-10(13)7-9/h3-5,7H,2,6,8H2,1H3,(H2,14,15,16,17).